The first-order valence-corrected chi connectivity index (χ1v) is 11.9. The highest BCUT2D eigenvalue weighted by atomic mass is 19.1. The first kappa shape index (κ1) is 23.4. The van der Waals surface area contributed by atoms with Crippen LogP contribution in [-0.2, 0) is 0 Å². The lowest BCUT2D eigenvalue weighted by Crippen LogP contribution is -2.68. The largest absolute Gasteiger partial charge is 0.395 e. The molecule has 2 fully saturated rings. The van der Waals surface area contributed by atoms with Crippen molar-refractivity contribution in [1.29, 1.82) is 0 Å². The Hall–Kier alpha value is -3.36. The Kier molecular flexibility index (Phi) is 6.74. The number of fused-ring (bicyclic) bond motifs is 1. The van der Waals surface area contributed by atoms with Gasteiger partial charge in [-0.25, -0.2) is 13.6 Å². The van der Waals surface area contributed by atoms with Crippen molar-refractivity contribution < 1.29 is 18.7 Å². The highest BCUT2D eigenvalue weighted by Gasteiger charge is 2.49. The number of nitrogens with zero attached hydrogens (tertiary/aromatic N) is 3. The zero-order valence-electron chi connectivity index (χ0n) is 19.3. The molecule has 0 aliphatic carbocycles. The average Bonchev–Trinajstić information content (AvgIpc) is 2.86. The fourth-order valence-electron chi connectivity index (χ4n) is 5.34. The molecule has 182 valence electrons. The Bertz CT molecular complexity index is 1180. The van der Waals surface area contributed by atoms with Crippen LogP contribution in [-0.4, -0.2) is 64.2 Å². The van der Waals surface area contributed by atoms with Crippen molar-refractivity contribution in [3.8, 4) is 11.1 Å². The quantitative estimate of drug-likeness (QED) is 0.580. The first-order valence-electron chi connectivity index (χ1n) is 11.9. The van der Waals surface area contributed by atoms with Crippen LogP contribution in [0.2, 0.25) is 0 Å². The van der Waals surface area contributed by atoms with Gasteiger partial charge in [0.1, 0.15) is 11.6 Å². The Balaban J connectivity index is 1.35. The molecule has 2 saturated heterocycles. The number of carbonyl (C=O) groups is 1. The van der Waals surface area contributed by atoms with E-state index in [4.69, 9.17) is 0 Å². The van der Waals surface area contributed by atoms with E-state index in [0.29, 0.717) is 13.1 Å². The van der Waals surface area contributed by atoms with E-state index in [0.717, 1.165) is 54.3 Å². The van der Waals surface area contributed by atoms with E-state index in [1.165, 1.54) is 0 Å². The summed E-state index contributed by atoms with van der Waals surface area (Å²) in [6.07, 6.45) is 5.25. The molecule has 6 nitrogen and oxygen atoms in total. The van der Waals surface area contributed by atoms with Crippen molar-refractivity contribution in [2.45, 2.75) is 30.8 Å². The molecule has 2 amide bonds. The van der Waals surface area contributed by atoms with Gasteiger partial charge in [0.25, 0.3) is 0 Å². The van der Waals surface area contributed by atoms with Gasteiger partial charge < -0.3 is 15.3 Å². The lowest BCUT2D eigenvalue weighted by atomic mass is 9.74. The Morgan fingerprint density at radius 3 is 2.60 bits per heavy atom. The molecule has 8 heteroatoms. The highest BCUT2D eigenvalue weighted by molar-refractivity contribution is 5.89. The minimum atomic E-state index is -0.677. The number of amides is 2. The molecule has 3 heterocycles. The highest BCUT2D eigenvalue weighted by Crippen LogP contribution is 2.42. The van der Waals surface area contributed by atoms with Gasteiger partial charge in [0, 0.05) is 49.6 Å². The van der Waals surface area contributed by atoms with Crippen LogP contribution in [0.4, 0.5) is 19.3 Å². The standard InChI is InChI=1S/C27H28F2N4O2/c28-21-9-10-22(29)23(14-21)31-27(35)32-12-1-2-13-33-24(16-32)26(25(33)17-34)19-7-5-18(6-8-19)20-4-3-11-30-15-20/h3-11,14-15,24-26,34H,1-2,12-13,16-17H2,(H,31,35)/t24-,25+,26+/m1/s1. The molecule has 0 unspecified atom stereocenters. The number of aromatic nitrogens is 1. The molecule has 5 rings (SSSR count). The maximum absolute atomic E-state index is 14.1. The Morgan fingerprint density at radius 2 is 1.86 bits per heavy atom. The van der Waals surface area contributed by atoms with Crippen LogP contribution < -0.4 is 5.32 Å². The lowest BCUT2D eigenvalue weighted by Gasteiger charge is -2.57. The summed E-state index contributed by atoms with van der Waals surface area (Å²) in [6.45, 7) is 1.86. The Labute approximate surface area is 203 Å². The van der Waals surface area contributed by atoms with Gasteiger partial charge in [-0.15, -0.1) is 0 Å². The molecule has 0 spiro atoms. The second kappa shape index (κ2) is 10.1. The number of halogens is 2. The molecule has 3 aromatic rings. The third-order valence-corrected chi connectivity index (χ3v) is 7.12. The van der Waals surface area contributed by atoms with Gasteiger partial charge >= 0.3 is 6.03 Å². The number of aliphatic hydroxyl groups excluding tert-OH is 1. The zero-order valence-corrected chi connectivity index (χ0v) is 19.3. The summed E-state index contributed by atoms with van der Waals surface area (Å²) in [4.78, 5) is 21.1. The number of rotatable bonds is 4. The van der Waals surface area contributed by atoms with Crippen LogP contribution in [0.1, 0.15) is 24.3 Å². The Morgan fingerprint density at radius 1 is 1.06 bits per heavy atom. The third-order valence-electron chi connectivity index (χ3n) is 7.12. The lowest BCUT2D eigenvalue weighted by molar-refractivity contribution is -0.0585. The van der Waals surface area contributed by atoms with E-state index in [-0.39, 0.29) is 30.3 Å². The fraction of sp³-hybridized carbons (Fsp3) is 0.333. The van der Waals surface area contributed by atoms with Gasteiger partial charge in [0.15, 0.2) is 0 Å². The maximum atomic E-state index is 14.1. The number of benzene rings is 2. The fourth-order valence-corrected chi connectivity index (χ4v) is 5.34. The first-order chi connectivity index (χ1) is 17.0. The summed E-state index contributed by atoms with van der Waals surface area (Å²) in [6, 6.07) is 14.8. The van der Waals surface area contributed by atoms with Gasteiger partial charge in [-0.1, -0.05) is 30.3 Å². The monoisotopic (exact) mass is 478 g/mol. The summed E-state index contributed by atoms with van der Waals surface area (Å²) >= 11 is 0. The molecular formula is C27H28F2N4O2. The number of aliphatic hydroxyl groups is 1. The maximum Gasteiger partial charge on any atom is 0.321 e. The molecule has 2 aliphatic heterocycles. The van der Waals surface area contributed by atoms with Crippen LogP contribution in [0.15, 0.2) is 67.0 Å². The third kappa shape index (κ3) is 4.76. The van der Waals surface area contributed by atoms with Crippen molar-refractivity contribution in [2.75, 3.05) is 31.6 Å². The van der Waals surface area contributed by atoms with Gasteiger partial charge in [-0.3, -0.25) is 9.88 Å². The molecular weight excluding hydrogens is 450 g/mol. The predicted molar refractivity (Wildman–Crippen MR) is 130 cm³/mol. The van der Waals surface area contributed by atoms with E-state index >= 15 is 0 Å². The van der Waals surface area contributed by atoms with Gasteiger partial charge in [0.2, 0.25) is 0 Å². The van der Waals surface area contributed by atoms with E-state index in [9.17, 15) is 18.7 Å². The second-order valence-corrected chi connectivity index (χ2v) is 9.15. The molecule has 2 aromatic carbocycles. The number of pyridine rings is 1. The molecule has 2 N–H and O–H groups in total. The van der Waals surface area contributed by atoms with Gasteiger partial charge in [-0.05, 0) is 54.3 Å². The molecule has 2 aliphatic rings. The number of urea groups is 1. The SMILES string of the molecule is O=C(Nc1cc(F)ccc1F)N1CCCCN2[C@H](C1)[C@H](c1ccc(-c3cccnc3)cc1)[C@@H]2CO. The van der Waals surface area contributed by atoms with E-state index in [1.807, 2.05) is 18.3 Å². The summed E-state index contributed by atoms with van der Waals surface area (Å²) in [5.41, 5.74) is 3.04. The number of hydrogen-bond acceptors (Lipinski definition) is 4. The van der Waals surface area contributed by atoms with Gasteiger partial charge in [-0.2, -0.15) is 0 Å². The topological polar surface area (TPSA) is 68.7 Å². The second-order valence-electron chi connectivity index (χ2n) is 9.15. The predicted octanol–water partition coefficient (Wildman–Crippen LogP) is 4.48. The van der Waals surface area contributed by atoms with Crippen molar-refractivity contribution in [1.82, 2.24) is 14.8 Å². The molecule has 0 radical (unpaired) electrons. The molecule has 0 bridgehead atoms. The summed E-state index contributed by atoms with van der Waals surface area (Å²) in [5, 5.41) is 12.7. The van der Waals surface area contributed by atoms with Crippen molar-refractivity contribution >= 4 is 11.7 Å². The van der Waals surface area contributed by atoms with Crippen molar-refractivity contribution in [2.24, 2.45) is 0 Å². The molecule has 3 atom stereocenters. The summed E-state index contributed by atoms with van der Waals surface area (Å²) in [5.74, 6) is -1.23. The number of hydrogen-bond donors (Lipinski definition) is 2. The normalized spacial score (nSPS) is 22.5. The van der Waals surface area contributed by atoms with Crippen LogP contribution in [0.25, 0.3) is 11.1 Å². The van der Waals surface area contributed by atoms with E-state index in [1.54, 1.807) is 11.1 Å². The van der Waals surface area contributed by atoms with Gasteiger partial charge in [0.05, 0.1) is 12.3 Å². The van der Waals surface area contributed by atoms with E-state index in [2.05, 4.69) is 39.5 Å². The van der Waals surface area contributed by atoms with Crippen LogP contribution >= 0.6 is 0 Å². The molecule has 0 saturated carbocycles. The summed E-state index contributed by atoms with van der Waals surface area (Å²) < 4.78 is 27.7. The van der Waals surface area contributed by atoms with Crippen LogP contribution in [0.5, 0.6) is 0 Å². The number of anilines is 1. The minimum Gasteiger partial charge on any atom is -0.395 e. The smallest absolute Gasteiger partial charge is 0.321 e. The summed E-state index contributed by atoms with van der Waals surface area (Å²) in [7, 11) is 0. The van der Waals surface area contributed by atoms with Crippen molar-refractivity contribution in [3.05, 3.63) is 84.2 Å². The van der Waals surface area contributed by atoms with Crippen LogP contribution in [0, 0.1) is 11.6 Å². The molecule has 35 heavy (non-hydrogen) atoms. The average molecular weight is 479 g/mol. The molecule has 1 aromatic heterocycles. The number of nitrogens with one attached hydrogen (secondary N) is 1. The van der Waals surface area contributed by atoms with E-state index < -0.39 is 17.7 Å². The number of carbonyl (C=O) groups excluding carboxylic acids is 1. The zero-order chi connectivity index (χ0) is 24.4. The minimum absolute atomic E-state index is 0.0204. The van der Waals surface area contributed by atoms with Crippen LogP contribution in [0.3, 0.4) is 0 Å². The van der Waals surface area contributed by atoms with Crippen molar-refractivity contribution in [3.63, 3.8) is 0 Å².